The van der Waals surface area contributed by atoms with E-state index in [1.54, 1.807) is 0 Å². The molecule has 4 fully saturated rings. The molecule has 1 atom stereocenters. The number of hydrogen-bond acceptors (Lipinski definition) is 3. The van der Waals surface area contributed by atoms with E-state index in [0.29, 0.717) is 17.9 Å². The van der Waals surface area contributed by atoms with Gasteiger partial charge in [-0.05, 0) is 55.8 Å². The second-order valence-electron chi connectivity index (χ2n) is 6.71. The Morgan fingerprint density at radius 3 is 2.11 bits per heavy atom. The zero-order chi connectivity index (χ0) is 13.6. The predicted molar refractivity (Wildman–Crippen MR) is 70.1 cm³/mol. The van der Waals surface area contributed by atoms with Crippen LogP contribution in [0.3, 0.4) is 0 Å². The molecule has 4 nitrogen and oxygen atoms in total. The third kappa shape index (κ3) is 3.11. The van der Waals surface area contributed by atoms with Gasteiger partial charge in [0.1, 0.15) is 11.9 Å². The van der Waals surface area contributed by atoms with Crippen LogP contribution in [-0.2, 0) is 10.1 Å². The van der Waals surface area contributed by atoms with Crippen LogP contribution in [0.4, 0.5) is 4.39 Å². The van der Waals surface area contributed by atoms with Crippen LogP contribution in [0.2, 0.25) is 0 Å². The maximum atomic E-state index is 13.5. The summed E-state index contributed by atoms with van der Waals surface area (Å²) < 4.78 is 43.4. The van der Waals surface area contributed by atoms with Crippen molar-refractivity contribution in [2.24, 2.45) is 23.7 Å². The summed E-state index contributed by atoms with van der Waals surface area (Å²) in [7, 11) is -4.21. The minimum atomic E-state index is -4.21. The fraction of sp³-hybridized carbons (Fsp3) is 1.00. The van der Waals surface area contributed by atoms with Crippen molar-refractivity contribution in [3.8, 4) is 0 Å². The average molecular weight is 291 g/mol. The number of alkyl halides is 1. The van der Waals surface area contributed by atoms with Crippen molar-refractivity contribution in [2.45, 2.75) is 44.3 Å². The van der Waals surface area contributed by atoms with Gasteiger partial charge in [-0.2, -0.15) is 8.42 Å². The average Bonchev–Trinajstić information content (AvgIpc) is 2.24. The summed E-state index contributed by atoms with van der Waals surface area (Å²) in [6.07, 6.45) is 4.86. The van der Waals surface area contributed by atoms with Crippen LogP contribution in [0.25, 0.3) is 0 Å². The van der Waals surface area contributed by atoms with Crippen LogP contribution in [0.5, 0.6) is 0 Å². The van der Waals surface area contributed by atoms with E-state index >= 15 is 0 Å². The molecule has 0 aromatic heterocycles. The monoisotopic (exact) mass is 291 g/mol. The van der Waals surface area contributed by atoms with Gasteiger partial charge in [-0.1, -0.05) is 0 Å². The first kappa shape index (κ1) is 13.8. The summed E-state index contributed by atoms with van der Waals surface area (Å²) in [4.78, 5) is 0. The standard InChI is InChI=1S/C13H22FNO3S/c14-12(7-19(16,17)18)6-15-13-10-2-8-1-9(4-10)5-11(13)3-8/h8-13,15H,1-7H2,(H,16,17,18). The Kier molecular flexibility index (Phi) is 3.60. The van der Waals surface area contributed by atoms with E-state index in [0.717, 1.165) is 11.8 Å². The molecule has 1 unspecified atom stereocenters. The van der Waals surface area contributed by atoms with Crippen LogP contribution in [0, 0.1) is 23.7 Å². The topological polar surface area (TPSA) is 66.4 Å². The zero-order valence-corrected chi connectivity index (χ0v) is 11.8. The number of nitrogens with one attached hydrogen (secondary N) is 1. The van der Waals surface area contributed by atoms with Crippen LogP contribution in [-0.4, -0.2) is 37.5 Å². The van der Waals surface area contributed by atoms with Gasteiger partial charge >= 0.3 is 0 Å². The molecule has 19 heavy (non-hydrogen) atoms. The minimum absolute atomic E-state index is 0.0345. The lowest BCUT2D eigenvalue weighted by atomic mass is 9.54. The minimum Gasteiger partial charge on any atom is -0.311 e. The fourth-order valence-electron chi connectivity index (χ4n) is 4.81. The van der Waals surface area contributed by atoms with E-state index in [1.165, 1.54) is 32.1 Å². The molecule has 4 aliphatic rings. The first-order valence-corrected chi connectivity index (χ1v) is 8.84. The van der Waals surface area contributed by atoms with Gasteiger partial charge < -0.3 is 5.32 Å². The van der Waals surface area contributed by atoms with E-state index in [-0.39, 0.29) is 6.54 Å². The third-order valence-corrected chi connectivity index (χ3v) is 5.98. The molecule has 0 aromatic rings. The Labute approximate surface area is 113 Å². The Balaban J connectivity index is 1.53. The first-order chi connectivity index (χ1) is 8.90. The van der Waals surface area contributed by atoms with E-state index in [1.807, 2.05) is 0 Å². The Morgan fingerprint density at radius 1 is 1.11 bits per heavy atom. The predicted octanol–water partition coefficient (Wildman–Crippen LogP) is 1.63. The Hall–Kier alpha value is -0.200. The molecular weight excluding hydrogens is 269 g/mol. The highest BCUT2D eigenvalue weighted by atomic mass is 32.2. The van der Waals surface area contributed by atoms with Crippen molar-refractivity contribution < 1.29 is 17.4 Å². The third-order valence-electron chi connectivity index (χ3n) is 5.19. The fourth-order valence-corrected chi connectivity index (χ4v) is 5.38. The van der Waals surface area contributed by atoms with Gasteiger partial charge in [0.2, 0.25) is 0 Å². The van der Waals surface area contributed by atoms with E-state index in [4.69, 9.17) is 4.55 Å². The molecule has 4 rings (SSSR count). The van der Waals surface area contributed by atoms with Crippen LogP contribution in [0.1, 0.15) is 32.1 Å². The molecule has 4 aliphatic carbocycles. The second-order valence-corrected chi connectivity index (χ2v) is 8.21. The lowest BCUT2D eigenvalue weighted by Crippen LogP contribution is -2.55. The Morgan fingerprint density at radius 2 is 1.63 bits per heavy atom. The molecular formula is C13H22FNO3S. The van der Waals surface area contributed by atoms with Gasteiger partial charge in [-0.15, -0.1) is 0 Å². The SMILES string of the molecule is O=S(=O)(O)CC(F)CNC1C2CC3CC(C2)CC1C3. The van der Waals surface area contributed by atoms with Crippen molar-refractivity contribution in [2.75, 3.05) is 12.3 Å². The summed E-state index contributed by atoms with van der Waals surface area (Å²) in [6, 6.07) is 0.354. The molecule has 2 N–H and O–H groups in total. The zero-order valence-electron chi connectivity index (χ0n) is 11.0. The summed E-state index contributed by atoms with van der Waals surface area (Å²) in [6.45, 7) is 0.0345. The normalized spacial score (nSPS) is 42.5. The van der Waals surface area contributed by atoms with Crippen LogP contribution >= 0.6 is 0 Å². The maximum absolute atomic E-state index is 13.5. The summed E-state index contributed by atoms with van der Waals surface area (Å²) in [5.41, 5.74) is 0. The molecule has 4 bridgehead atoms. The molecule has 0 aromatic carbocycles. The smallest absolute Gasteiger partial charge is 0.267 e. The molecule has 0 heterocycles. The summed E-state index contributed by atoms with van der Waals surface area (Å²) >= 11 is 0. The van der Waals surface area contributed by atoms with Crippen molar-refractivity contribution in [1.82, 2.24) is 5.32 Å². The van der Waals surface area contributed by atoms with Gasteiger partial charge in [0.05, 0.1) is 0 Å². The molecule has 0 amide bonds. The number of hydrogen-bond donors (Lipinski definition) is 2. The highest BCUT2D eigenvalue weighted by molar-refractivity contribution is 7.85. The van der Waals surface area contributed by atoms with Gasteiger partial charge in [-0.25, -0.2) is 4.39 Å². The van der Waals surface area contributed by atoms with Crippen molar-refractivity contribution >= 4 is 10.1 Å². The Bertz CT molecular complexity index is 411. The molecule has 6 heteroatoms. The highest BCUT2D eigenvalue weighted by Crippen LogP contribution is 2.53. The van der Waals surface area contributed by atoms with Crippen molar-refractivity contribution in [3.05, 3.63) is 0 Å². The second kappa shape index (κ2) is 4.97. The first-order valence-electron chi connectivity index (χ1n) is 7.23. The highest BCUT2D eigenvalue weighted by Gasteiger charge is 2.47. The molecule has 0 aliphatic heterocycles. The van der Waals surface area contributed by atoms with Crippen molar-refractivity contribution in [3.63, 3.8) is 0 Å². The lowest BCUT2D eigenvalue weighted by molar-refractivity contribution is -0.0150. The van der Waals surface area contributed by atoms with Gasteiger partial charge in [0.25, 0.3) is 10.1 Å². The number of halogens is 1. The van der Waals surface area contributed by atoms with E-state index in [9.17, 15) is 12.8 Å². The molecule has 0 saturated heterocycles. The maximum Gasteiger partial charge on any atom is 0.267 e. The summed E-state index contributed by atoms with van der Waals surface area (Å²) in [5.74, 6) is 2.25. The molecule has 110 valence electrons. The largest absolute Gasteiger partial charge is 0.311 e. The lowest BCUT2D eigenvalue weighted by Gasteiger charge is -2.54. The van der Waals surface area contributed by atoms with Gasteiger partial charge in [0, 0.05) is 12.6 Å². The van der Waals surface area contributed by atoms with Gasteiger partial charge in [-0.3, -0.25) is 4.55 Å². The van der Waals surface area contributed by atoms with Crippen LogP contribution in [0.15, 0.2) is 0 Å². The number of rotatable bonds is 5. The quantitative estimate of drug-likeness (QED) is 0.756. The summed E-state index contributed by atoms with van der Waals surface area (Å²) in [5, 5.41) is 3.24. The van der Waals surface area contributed by atoms with Crippen LogP contribution < -0.4 is 5.32 Å². The molecule has 4 saturated carbocycles. The van der Waals surface area contributed by atoms with Gasteiger partial charge in [0.15, 0.2) is 0 Å². The van der Waals surface area contributed by atoms with Crippen molar-refractivity contribution in [1.29, 1.82) is 0 Å². The molecule has 0 spiro atoms. The van der Waals surface area contributed by atoms with E-state index in [2.05, 4.69) is 5.32 Å². The van der Waals surface area contributed by atoms with E-state index < -0.39 is 22.0 Å². The molecule has 0 radical (unpaired) electrons.